The number of aromatic nitrogens is 3. The maximum absolute atomic E-state index is 5.74. The van der Waals surface area contributed by atoms with E-state index < -0.39 is 0 Å². The van der Waals surface area contributed by atoms with Crippen LogP contribution in [0, 0.1) is 0 Å². The number of fused-ring (bicyclic) bond motifs is 1. The van der Waals surface area contributed by atoms with Gasteiger partial charge in [0.2, 0.25) is 12.7 Å². The fourth-order valence-corrected chi connectivity index (χ4v) is 2.63. The zero-order valence-corrected chi connectivity index (χ0v) is 14.0. The van der Waals surface area contributed by atoms with Crippen LogP contribution >= 0.6 is 0 Å². The quantitative estimate of drug-likeness (QED) is 0.530. The lowest BCUT2D eigenvalue weighted by Crippen LogP contribution is -1.94. The van der Waals surface area contributed by atoms with E-state index in [0.717, 1.165) is 5.56 Å². The van der Waals surface area contributed by atoms with Crippen molar-refractivity contribution < 1.29 is 23.0 Å². The number of furan rings is 1. The maximum Gasteiger partial charge on any atom is 0.283 e. The van der Waals surface area contributed by atoms with E-state index >= 15 is 0 Å². The van der Waals surface area contributed by atoms with Crippen molar-refractivity contribution in [3.05, 3.63) is 60.6 Å². The van der Waals surface area contributed by atoms with E-state index in [9.17, 15) is 0 Å². The van der Waals surface area contributed by atoms with Crippen LogP contribution in [0.4, 0.5) is 0 Å². The predicted octanol–water partition coefficient (Wildman–Crippen LogP) is 3.70. The van der Waals surface area contributed by atoms with Gasteiger partial charge in [0.05, 0.1) is 0 Å². The van der Waals surface area contributed by atoms with Crippen molar-refractivity contribution in [2.45, 2.75) is 6.61 Å². The third-order valence-corrected chi connectivity index (χ3v) is 3.95. The molecule has 0 aliphatic carbocycles. The third-order valence-electron chi connectivity index (χ3n) is 3.95. The van der Waals surface area contributed by atoms with Crippen molar-refractivity contribution in [1.29, 1.82) is 0 Å². The van der Waals surface area contributed by atoms with Gasteiger partial charge in [0.1, 0.15) is 18.1 Å². The van der Waals surface area contributed by atoms with Gasteiger partial charge in [-0.15, -0.1) is 10.2 Å². The molecule has 0 radical (unpaired) electrons. The number of ether oxygens (including phenoxy) is 3. The third kappa shape index (κ3) is 3.08. The minimum absolute atomic E-state index is 0.228. The highest BCUT2D eigenvalue weighted by Gasteiger charge is 2.16. The molecule has 134 valence electrons. The van der Waals surface area contributed by atoms with Gasteiger partial charge in [-0.05, 0) is 36.4 Å². The van der Waals surface area contributed by atoms with Gasteiger partial charge in [-0.1, -0.05) is 0 Å². The molecule has 0 bridgehead atoms. The molecule has 0 unspecified atom stereocenters. The van der Waals surface area contributed by atoms with E-state index in [1.165, 1.54) is 0 Å². The Morgan fingerprint density at radius 1 is 0.852 bits per heavy atom. The molecule has 8 nitrogen and oxygen atoms in total. The molecule has 4 aromatic rings. The summed E-state index contributed by atoms with van der Waals surface area (Å²) in [5, 5.41) is 8.07. The van der Waals surface area contributed by atoms with Gasteiger partial charge in [-0.25, -0.2) is 0 Å². The molecule has 0 amide bonds. The minimum Gasteiger partial charge on any atom is -0.486 e. The molecule has 8 heteroatoms. The summed E-state index contributed by atoms with van der Waals surface area (Å²) in [6, 6.07) is 12.6. The SMILES string of the molecule is c1cc(-c2nnc(-c3ccc(COc4ccc5c(c4)OCO5)o3)o2)ccn1. The average molecular weight is 363 g/mol. The van der Waals surface area contributed by atoms with Crippen molar-refractivity contribution in [3.63, 3.8) is 0 Å². The van der Waals surface area contributed by atoms with Crippen molar-refractivity contribution in [2.75, 3.05) is 6.79 Å². The van der Waals surface area contributed by atoms with Crippen LogP contribution in [-0.4, -0.2) is 22.0 Å². The molecule has 1 aliphatic heterocycles. The fourth-order valence-electron chi connectivity index (χ4n) is 2.63. The van der Waals surface area contributed by atoms with Crippen molar-refractivity contribution in [2.24, 2.45) is 0 Å². The lowest BCUT2D eigenvalue weighted by Gasteiger charge is -2.04. The molecule has 0 fully saturated rings. The van der Waals surface area contributed by atoms with Crippen molar-refractivity contribution in [1.82, 2.24) is 15.2 Å². The summed E-state index contributed by atoms with van der Waals surface area (Å²) in [6.07, 6.45) is 3.33. The smallest absolute Gasteiger partial charge is 0.283 e. The van der Waals surface area contributed by atoms with Crippen LogP contribution in [0.15, 0.2) is 63.7 Å². The van der Waals surface area contributed by atoms with Gasteiger partial charge >= 0.3 is 0 Å². The molecular formula is C19H13N3O5. The summed E-state index contributed by atoms with van der Waals surface area (Å²) in [6.45, 7) is 0.483. The second kappa shape index (κ2) is 6.49. The van der Waals surface area contributed by atoms with E-state index in [-0.39, 0.29) is 13.4 Å². The first-order valence-electron chi connectivity index (χ1n) is 8.20. The molecule has 1 aliphatic rings. The second-order valence-corrected chi connectivity index (χ2v) is 5.72. The van der Waals surface area contributed by atoms with E-state index in [1.54, 1.807) is 42.7 Å². The average Bonchev–Trinajstić information content (AvgIpc) is 3.46. The molecule has 4 heterocycles. The van der Waals surface area contributed by atoms with Gasteiger partial charge in [0.15, 0.2) is 17.3 Å². The maximum atomic E-state index is 5.74. The molecule has 0 spiro atoms. The first-order valence-corrected chi connectivity index (χ1v) is 8.20. The normalized spacial score (nSPS) is 12.3. The summed E-state index contributed by atoms with van der Waals surface area (Å²) in [5.41, 5.74) is 0.793. The van der Waals surface area contributed by atoms with Crippen molar-refractivity contribution >= 4 is 0 Å². The largest absolute Gasteiger partial charge is 0.486 e. The Morgan fingerprint density at radius 3 is 2.63 bits per heavy atom. The van der Waals surface area contributed by atoms with Crippen LogP contribution in [0.25, 0.3) is 23.1 Å². The molecular weight excluding hydrogens is 350 g/mol. The highest BCUT2D eigenvalue weighted by Crippen LogP contribution is 2.35. The van der Waals surface area contributed by atoms with Gasteiger partial charge < -0.3 is 23.0 Å². The summed E-state index contributed by atoms with van der Waals surface area (Å²) < 4.78 is 27.8. The lowest BCUT2D eigenvalue weighted by atomic mass is 10.3. The van der Waals surface area contributed by atoms with E-state index in [1.807, 2.05) is 12.1 Å². The molecule has 5 rings (SSSR count). The number of hydrogen-bond donors (Lipinski definition) is 0. The van der Waals surface area contributed by atoms with Crippen LogP contribution < -0.4 is 14.2 Å². The molecule has 0 N–H and O–H groups in total. The lowest BCUT2D eigenvalue weighted by molar-refractivity contribution is 0.173. The van der Waals surface area contributed by atoms with Gasteiger partial charge in [0.25, 0.3) is 5.89 Å². The highest BCUT2D eigenvalue weighted by atomic mass is 16.7. The number of hydrogen-bond acceptors (Lipinski definition) is 8. The Kier molecular flexibility index (Phi) is 3.71. The topological polar surface area (TPSA) is 92.6 Å². The Morgan fingerprint density at radius 2 is 1.70 bits per heavy atom. The Balaban J connectivity index is 1.28. The number of nitrogens with zero attached hydrogens (tertiary/aromatic N) is 3. The molecule has 27 heavy (non-hydrogen) atoms. The van der Waals surface area contributed by atoms with Gasteiger partial charge in [-0.3, -0.25) is 4.98 Å². The monoisotopic (exact) mass is 363 g/mol. The Hall–Kier alpha value is -3.81. The summed E-state index contributed by atoms with van der Waals surface area (Å²) in [4.78, 5) is 3.97. The zero-order chi connectivity index (χ0) is 18.1. The minimum atomic E-state index is 0.228. The van der Waals surface area contributed by atoms with E-state index in [2.05, 4.69) is 15.2 Å². The highest BCUT2D eigenvalue weighted by molar-refractivity contribution is 5.54. The zero-order valence-electron chi connectivity index (χ0n) is 14.0. The number of pyridine rings is 1. The first-order chi connectivity index (χ1) is 13.3. The second-order valence-electron chi connectivity index (χ2n) is 5.72. The summed E-state index contributed by atoms with van der Waals surface area (Å²) in [7, 11) is 0. The predicted molar refractivity (Wildman–Crippen MR) is 92.1 cm³/mol. The first kappa shape index (κ1) is 15.4. The van der Waals surface area contributed by atoms with Crippen LogP contribution in [0.2, 0.25) is 0 Å². The van der Waals surface area contributed by atoms with Gasteiger partial charge in [-0.2, -0.15) is 0 Å². The molecule has 0 saturated heterocycles. The Labute approximate surface area is 153 Å². The van der Waals surface area contributed by atoms with Crippen LogP contribution in [0.5, 0.6) is 17.2 Å². The standard InChI is InChI=1S/C19H13N3O5/c1-3-15-17(25-11-24-15)9-13(1)23-10-14-2-4-16(26-14)19-22-21-18(27-19)12-5-7-20-8-6-12/h1-9H,10-11H2. The molecule has 0 saturated carbocycles. The van der Waals surface area contributed by atoms with Crippen LogP contribution in [0.1, 0.15) is 5.76 Å². The Bertz CT molecular complexity index is 1070. The van der Waals surface area contributed by atoms with E-state index in [4.69, 9.17) is 23.0 Å². The number of rotatable bonds is 5. The van der Waals surface area contributed by atoms with E-state index in [0.29, 0.717) is 40.6 Å². The molecule has 0 atom stereocenters. The van der Waals surface area contributed by atoms with Crippen molar-refractivity contribution in [3.8, 4) is 40.4 Å². The molecule has 1 aromatic carbocycles. The summed E-state index contributed by atoms with van der Waals surface area (Å²) in [5.74, 6) is 3.86. The van der Waals surface area contributed by atoms with Gasteiger partial charge in [0, 0.05) is 24.0 Å². The van der Waals surface area contributed by atoms with Crippen LogP contribution in [0.3, 0.4) is 0 Å². The fraction of sp³-hybridized carbons (Fsp3) is 0.105. The van der Waals surface area contributed by atoms with Crippen LogP contribution in [-0.2, 0) is 6.61 Å². The molecule has 3 aromatic heterocycles. The number of benzene rings is 1. The summed E-state index contributed by atoms with van der Waals surface area (Å²) >= 11 is 0.